The molecule has 0 amide bonds. The van der Waals surface area contributed by atoms with Gasteiger partial charge in [-0.2, -0.15) is 0 Å². The number of hydrogen-bond acceptors (Lipinski definition) is 5. The fourth-order valence-corrected chi connectivity index (χ4v) is 2.74. The van der Waals surface area contributed by atoms with Gasteiger partial charge in [0.05, 0.1) is 6.10 Å². The lowest BCUT2D eigenvalue weighted by atomic mass is 10.0. The Kier molecular flexibility index (Phi) is 4.31. The summed E-state index contributed by atoms with van der Waals surface area (Å²) in [6, 6.07) is 5.36. The van der Waals surface area contributed by atoms with Crippen molar-refractivity contribution >= 4 is 9.84 Å². The Hall–Kier alpha value is -1.27. The van der Waals surface area contributed by atoms with Gasteiger partial charge in [0.2, 0.25) is 0 Å². The third-order valence-corrected chi connectivity index (χ3v) is 3.98. The van der Waals surface area contributed by atoms with Crippen LogP contribution in [0, 0.1) is 0 Å². The highest BCUT2D eigenvalue weighted by molar-refractivity contribution is 7.90. The molecule has 1 atom stereocenters. The maximum atomic E-state index is 11.1. The van der Waals surface area contributed by atoms with Gasteiger partial charge in [-0.1, -0.05) is 12.1 Å². The Bertz CT molecular complexity index is 538. The van der Waals surface area contributed by atoms with Gasteiger partial charge < -0.3 is 14.6 Å². The Labute approximate surface area is 113 Å². The molecule has 19 heavy (non-hydrogen) atoms. The zero-order chi connectivity index (χ0) is 13.9. The van der Waals surface area contributed by atoms with Crippen LogP contribution in [0.1, 0.15) is 24.5 Å². The lowest BCUT2D eigenvalue weighted by Crippen LogP contribution is -2.17. The number of hydrogen-bond donors (Lipinski definition) is 1. The van der Waals surface area contributed by atoms with Crippen LogP contribution < -0.4 is 9.47 Å². The van der Waals surface area contributed by atoms with E-state index in [9.17, 15) is 13.5 Å². The van der Waals surface area contributed by atoms with Crippen LogP contribution in [0.2, 0.25) is 0 Å². The summed E-state index contributed by atoms with van der Waals surface area (Å²) < 4.78 is 33.1. The van der Waals surface area contributed by atoms with Gasteiger partial charge in [-0.15, -0.1) is 0 Å². The van der Waals surface area contributed by atoms with Crippen molar-refractivity contribution < 1.29 is 23.0 Å². The quantitative estimate of drug-likeness (QED) is 0.883. The van der Waals surface area contributed by atoms with Crippen LogP contribution in [-0.4, -0.2) is 38.7 Å². The lowest BCUT2D eigenvalue weighted by Gasteiger charge is -2.23. The van der Waals surface area contributed by atoms with Gasteiger partial charge in [-0.25, -0.2) is 8.42 Å². The van der Waals surface area contributed by atoms with Gasteiger partial charge in [0.1, 0.15) is 23.1 Å². The molecule has 1 N–H and O–H groups in total. The molecule has 2 rings (SSSR count). The Morgan fingerprint density at radius 1 is 1.32 bits per heavy atom. The number of rotatable bonds is 5. The normalized spacial score (nSPS) is 16.1. The van der Waals surface area contributed by atoms with Gasteiger partial charge in [0, 0.05) is 17.6 Å². The monoisotopic (exact) mass is 286 g/mol. The first-order valence-electron chi connectivity index (χ1n) is 6.21. The van der Waals surface area contributed by atoms with E-state index >= 15 is 0 Å². The first-order chi connectivity index (χ1) is 8.97. The van der Waals surface area contributed by atoms with Crippen LogP contribution >= 0.6 is 0 Å². The molecule has 0 aliphatic carbocycles. The van der Waals surface area contributed by atoms with Gasteiger partial charge in [-0.3, -0.25) is 0 Å². The fraction of sp³-hybridized carbons (Fsp3) is 0.538. The molecule has 0 bridgehead atoms. The van der Waals surface area contributed by atoms with Crippen molar-refractivity contribution in [3.05, 3.63) is 23.8 Å². The van der Waals surface area contributed by atoms with Crippen LogP contribution in [0.4, 0.5) is 0 Å². The van der Waals surface area contributed by atoms with E-state index in [1.165, 1.54) is 6.26 Å². The number of para-hydroxylation sites is 1. The van der Waals surface area contributed by atoms with Crippen LogP contribution in [0.15, 0.2) is 18.2 Å². The first-order valence-corrected chi connectivity index (χ1v) is 8.28. The molecule has 1 unspecified atom stereocenters. The Balaban J connectivity index is 2.05. The second kappa shape index (κ2) is 5.79. The van der Waals surface area contributed by atoms with Crippen molar-refractivity contribution in [1.82, 2.24) is 0 Å². The largest absolute Gasteiger partial charge is 0.486 e. The highest BCUT2D eigenvalue weighted by Crippen LogP contribution is 2.38. The summed E-state index contributed by atoms with van der Waals surface area (Å²) in [5.41, 5.74) is 0.658. The van der Waals surface area contributed by atoms with E-state index in [2.05, 4.69) is 0 Å². The van der Waals surface area contributed by atoms with Crippen molar-refractivity contribution in [2.24, 2.45) is 0 Å². The van der Waals surface area contributed by atoms with Crippen LogP contribution in [0.5, 0.6) is 11.5 Å². The van der Waals surface area contributed by atoms with E-state index < -0.39 is 15.9 Å². The third-order valence-electron chi connectivity index (χ3n) is 2.95. The molecule has 0 spiro atoms. The average Bonchev–Trinajstić information content (AvgIpc) is 2.36. The minimum Gasteiger partial charge on any atom is -0.486 e. The predicted molar refractivity (Wildman–Crippen MR) is 71.3 cm³/mol. The van der Waals surface area contributed by atoms with Crippen molar-refractivity contribution in [2.75, 3.05) is 25.2 Å². The molecule has 0 aromatic heterocycles. The maximum Gasteiger partial charge on any atom is 0.167 e. The van der Waals surface area contributed by atoms with E-state index in [1.54, 1.807) is 18.2 Å². The number of aliphatic hydroxyl groups is 1. The van der Waals surface area contributed by atoms with E-state index in [-0.39, 0.29) is 5.75 Å². The molecule has 1 aliphatic rings. The summed E-state index contributed by atoms with van der Waals surface area (Å²) in [6.45, 7) is 0.959. The van der Waals surface area contributed by atoms with E-state index in [1.807, 2.05) is 0 Å². The van der Waals surface area contributed by atoms with E-state index in [0.29, 0.717) is 43.1 Å². The topological polar surface area (TPSA) is 72.8 Å². The molecule has 0 radical (unpaired) electrons. The standard InChI is InChI=1S/C13H18O5S/c1-19(15,16)9-3-5-11(14)10-4-2-6-12-13(10)18-8-7-17-12/h2,4,6,11,14H,3,5,7-9H2,1H3. The molecule has 0 saturated carbocycles. The fourth-order valence-electron chi connectivity index (χ4n) is 2.05. The molecule has 5 nitrogen and oxygen atoms in total. The number of fused-ring (bicyclic) bond motifs is 1. The average molecular weight is 286 g/mol. The molecule has 0 saturated heterocycles. The summed E-state index contributed by atoms with van der Waals surface area (Å²) >= 11 is 0. The molecule has 1 aromatic rings. The summed E-state index contributed by atoms with van der Waals surface area (Å²) in [7, 11) is -2.99. The zero-order valence-corrected chi connectivity index (χ0v) is 11.6. The van der Waals surface area contributed by atoms with Crippen molar-refractivity contribution in [3.63, 3.8) is 0 Å². The molecule has 6 heteroatoms. The molecular formula is C13H18O5S. The minimum atomic E-state index is -2.99. The first kappa shape index (κ1) is 14.1. The number of aliphatic hydroxyl groups excluding tert-OH is 1. The van der Waals surface area contributed by atoms with Crippen molar-refractivity contribution in [1.29, 1.82) is 0 Å². The zero-order valence-electron chi connectivity index (χ0n) is 10.8. The minimum absolute atomic E-state index is 0.0798. The van der Waals surface area contributed by atoms with Crippen LogP contribution in [0.3, 0.4) is 0 Å². The SMILES string of the molecule is CS(=O)(=O)CCCC(O)c1cccc2c1OCCO2. The molecule has 1 aliphatic heterocycles. The lowest BCUT2D eigenvalue weighted by molar-refractivity contribution is 0.140. The summed E-state index contributed by atoms with van der Waals surface area (Å²) in [5.74, 6) is 1.28. The number of sulfone groups is 1. The van der Waals surface area contributed by atoms with Crippen molar-refractivity contribution in [3.8, 4) is 11.5 Å². The Morgan fingerprint density at radius 3 is 2.79 bits per heavy atom. The van der Waals surface area contributed by atoms with Gasteiger partial charge in [-0.05, 0) is 18.9 Å². The van der Waals surface area contributed by atoms with E-state index in [0.717, 1.165) is 0 Å². The number of ether oxygens (including phenoxy) is 2. The molecule has 1 heterocycles. The molecular weight excluding hydrogens is 268 g/mol. The molecule has 1 aromatic carbocycles. The highest BCUT2D eigenvalue weighted by atomic mass is 32.2. The number of benzene rings is 1. The Morgan fingerprint density at radius 2 is 2.05 bits per heavy atom. The predicted octanol–water partition coefficient (Wildman–Crippen LogP) is 1.32. The second-order valence-electron chi connectivity index (χ2n) is 4.66. The van der Waals surface area contributed by atoms with Gasteiger partial charge in [0.15, 0.2) is 11.5 Å². The smallest absolute Gasteiger partial charge is 0.167 e. The third kappa shape index (κ3) is 3.84. The maximum absolute atomic E-state index is 11.1. The molecule has 0 fully saturated rings. The van der Waals surface area contributed by atoms with Crippen LogP contribution in [0.25, 0.3) is 0 Å². The molecule has 106 valence electrons. The van der Waals surface area contributed by atoms with Gasteiger partial charge >= 0.3 is 0 Å². The summed E-state index contributed by atoms with van der Waals surface area (Å²) in [6.07, 6.45) is 1.26. The van der Waals surface area contributed by atoms with Gasteiger partial charge in [0.25, 0.3) is 0 Å². The highest BCUT2D eigenvalue weighted by Gasteiger charge is 2.20. The second-order valence-corrected chi connectivity index (χ2v) is 6.92. The van der Waals surface area contributed by atoms with E-state index in [4.69, 9.17) is 9.47 Å². The summed E-state index contributed by atoms with van der Waals surface area (Å²) in [5, 5.41) is 10.1. The van der Waals surface area contributed by atoms with Crippen molar-refractivity contribution in [2.45, 2.75) is 18.9 Å². The summed E-state index contributed by atoms with van der Waals surface area (Å²) in [4.78, 5) is 0. The van der Waals surface area contributed by atoms with Crippen LogP contribution in [-0.2, 0) is 9.84 Å².